The van der Waals surface area contributed by atoms with Crippen LogP contribution < -0.4 is 5.32 Å². The second kappa shape index (κ2) is 4.73. The van der Waals surface area contributed by atoms with Crippen LogP contribution in [0.2, 0.25) is 0 Å². The predicted octanol–water partition coefficient (Wildman–Crippen LogP) is 2.25. The van der Waals surface area contributed by atoms with Gasteiger partial charge in [-0.3, -0.25) is 0 Å². The van der Waals surface area contributed by atoms with Gasteiger partial charge < -0.3 is 10.4 Å². The van der Waals surface area contributed by atoms with Gasteiger partial charge in [0.25, 0.3) is 0 Å². The number of hydrogen-bond acceptors (Lipinski definition) is 2. The van der Waals surface area contributed by atoms with Crippen LogP contribution in [0.25, 0.3) is 0 Å². The van der Waals surface area contributed by atoms with Gasteiger partial charge in [0.05, 0.1) is 5.60 Å². The maximum atomic E-state index is 12.9. The van der Waals surface area contributed by atoms with Crippen LogP contribution in [0.1, 0.15) is 32.4 Å². The number of nitrogens with one attached hydrogen (secondary N) is 1. The Morgan fingerprint density at radius 2 is 2.13 bits per heavy atom. The third kappa shape index (κ3) is 4.40. The van der Waals surface area contributed by atoms with Crippen LogP contribution in [-0.4, -0.2) is 17.3 Å². The molecule has 0 aliphatic carbocycles. The molecule has 0 aliphatic rings. The Hall–Kier alpha value is -0.930. The van der Waals surface area contributed by atoms with E-state index < -0.39 is 5.60 Å². The van der Waals surface area contributed by atoms with Gasteiger partial charge in [-0.25, -0.2) is 4.39 Å². The molecule has 2 N–H and O–H groups in total. The van der Waals surface area contributed by atoms with Crippen LogP contribution in [0.5, 0.6) is 0 Å². The second-order valence-electron chi connectivity index (χ2n) is 4.47. The Kier molecular flexibility index (Phi) is 3.83. The maximum absolute atomic E-state index is 12.9. The number of hydrogen-bond donors (Lipinski definition) is 2. The average molecular weight is 211 g/mol. The van der Waals surface area contributed by atoms with Crippen molar-refractivity contribution >= 4 is 0 Å². The first kappa shape index (κ1) is 12.1. The number of halogens is 1. The highest BCUT2D eigenvalue weighted by Crippen LogP contribution is 2.14. The fourth-order valence-corrected chi connectivity index (χ4v) is 1.30. The van der Waals surface area contributed by atoms with Gasteiger partial charge in [-0.1, -0.05) is 12.1 Å². The van der Waals surface area contributed by atoms with Gasteiger partial charge in [0.1, 0.15) is 5.82 Å². The molecule has 0 saturated carbocycles. The van der Waals surface area contributed by atoms with Crippen molar-refractivity contribution in [3.63, 3.8) is 0 Å². The summed E-state index contributed by atoms with van der Waals surface area (Å²) >= 11 is 0. The third-order valence-corrected chi connectivity index (χ3v) is 2.19. The van der Waals surface area contributed by atoms with Crippen molar-refractivity contribution in [3.05, 3.63) is 35.6 Å². The van der Waals surface area contributed by atoms with E-state index in [0.29, 0.717) is 6.54 Å². The molecule has 0 amide bonds. The highest BCUT2D eigenvalue weighted by Gasteiger charge is 2.14. The van der Waals surface area contributed by atoms with Gasteiger partial charge in [0.15, 0.2) is 0 Å². The van der Waals surface area contributed by atoms with Crippen molar-refractivity contribution in [3.8, 4) is 0 Å². The predicted molar refractivity (Wildman–Crippen MR) is 59.1 cm³/mol. The zero-order chi connectivity index (χ0) is 11.5. The van der Waals surface area contributed by atoms with Crippen LogP contribution in [0.15, 0.2) is 24.3 Å². The maximum Gasteiger partial charge on any atom is 0.123 e. The topological polar surface area (TPSA) is 32.3 Å². The highest BCUT2D eigenvalue weighted by molar-refractivity contribution is 5.19. The van der Waals surface area contributed by atoms with Crippen LogP contribution in [-0.2, 0) is 0 Å². The SMILES string of the molecule is CC(NCC(C)(C)O)c1cccc(F)c1. The van der Waals surface area contributed by atoms with E-state index in [2.05, 4.69) is 5.32 Å². The minimum Gasteiger partial charge on any atom is -0.389 e. The smallest absolute Gasteiger partial charge is 0.123 e. The zero-order valence-electron chi connectivity index (χ0n) is 9.42. The Morgan fingerprint density at radius 3 is 2.67 bits per heavy atom. The summed E-state index contributed by atoms with van der Waals surface area (Å²) in [4.78, 5) is 0. The number of rotatable bonds is 4. The van der Waals surface area contributed by atoms with Crippen LogP contribution in [0.3, 0.4) is 0 Å². The average Bonchev–Trinajstić information content (AvgIpc) is 2.13. The standard InChI is InChI=1S/C12H18FNO/c1-9(14-8-12(2,3)15)10-5-4-6-11(13)7-10/h4-7,9,14-15H,8H2,1-3H3. The lowest BCUT2D eigenvalue weighted by Gasteiger charge is -2.21. The number of aliphatic hydroxyl groups is 1. The molecular formula is C12H18FNO. The zero-order valence-corrected chi connectivity index (χ0v) is 9.42. The van der Waals surface area contributed by atoms with Gasteiger partial charge in [0, 0.05) is 12.6 Å². The lowest BCUT2D eigenvalue weighted by Crippen LogP contribution is -2.36. The first-order valence-corrected chi connectivity index (χ1v) is 5.10. The van der Waals surface area contributed by atoms with Crippen molar-refractivity contribution in [1.29, 1.82) is 0 Å². The number of benzene rings is 1. The molecule has 0 heterocycles. The Bertz CT molecular complexity index is 320. The Morgan fingerprint density at radius 1 is 1.47 bits per heavy atom. The van der Waals surface area contributed by atoms with Crippen molar-refractivity contribution < 1.29 is 9.50 Å². The van der Waals surface area contributed by atoms with Crippen molar-refractivity contribution in [2.45, 2.75) is 32.4 Å². The largest absolute Gasteiger partial charge is 0.389 e. The molecular weight excluding hydrogens is 193 g/mol. The van der Waals surface area contributed by atoms with Crippen LogP contribution in [0, 0.1) is 5.82 Å². The van der Waals surface area contributed by atoms with E-state index in [-0.39, 0.29) is 11.9 Å². The van der Waals surface area contributed by atoms with E-state index in [0.717, 1.165) is 5.56 Å². The summed E-state index contributed by atoms with van der Waals surface area (Å²) in [7, 11) is 0. The molecule has 0 aliphatic heterocycles. The summed E-state index contributed by atoms with van der Waals surface area (Å²) in [5.41, 5.74) is 0.140. The van der Waals surface area contributed by atoms with Crippen molar-refractivity contribution in [2.24, 2.45) is 0 Å². The van der Waals surface area contributed by atoms with E-state index >= 15 is 0 Å². The Balaban J connectivity index is 2.58. The molecule has 2 nitrogen and oxygen atoms in total. The lowest BCUT2D eigenvalue weighted by molar-refractivity contribution is 0.0770. The molecule has 0 fully saturated rings. The quantitative estimate of drug-likeness (QED) is 0.800. The van der Waals surface area contributed by atoms with E-state index in [1.165, 1.54) is 12.1 Å². The van der Waals surface area contributed by atoms with E-state index in [4.69, 9.17) is 0 Å². The molecule has 0 aromatic heterocycles. The van der Waals surface area contributed by atoms with E-state index in [9.17, 15) is 9.50 Å². The summed E-state index contributed by atoms with van der Waals surface area (Å²) in [6.45, 7) is 5.89. The molecule has 15 heavy (non-hydrogen) atoms. The molecule has 1 rings (SSSR count). The molecule has 3 heteroatoms. The molecule has 0 radical (unpaired) electrons. The summed E-state index contributed by atoms with van der Waals surface area (Å²) in [6, 6.07) is 6.51. The molecule has 0 saturated heterocycles. The van der Waals surface area contributed by atoms with Gasteiger partial charge in [-0.15, -0.1) is 0 Å². The molecule has 0 bridgehead atoms. The second-order valence-corrected chi connectivity index (χ2v) is 4.47. The molecule has 84 valence electrons. The van der Waals surface area contributed by atoms with Gasteiger partial charge >= 0.3 is 0 Å². The molecule has 1 atom stereocenters. The summed E-state index contributed by atoms with van der Waals surface area (Å²) in [5, 5.41) is 12.7. The first-order valence-electron chi connectivity index (χ1n) is 5.10. The lowest BCUT2D eigenvalue weighted by atomic mass is 10.1. The van der Waals surface area contributed by atoms with Crippen LogP contribution in [0.4, 0.5) is 4.39 Å². The first-order chi connectivity index (χ1) is 6.88. The van der Waals surface area contributed by atoms with Gasteiger partial charge in [0.2, 0.25) is 0 Å². The highest BCUT2D eigenvalue weighted by atomic mass is 19.1. The fraction of sp³-hybridized carbons (Fsp3) is 0.500. The van der Waals surface area contributed by atoms with E-state index in [1.807, 2.05) is 13.0 Å². The molecule has 1 aromatic rings. The summed E-state index contributed by atoms with van der Waals surface area (Å²) < 4.78 is 12.9. The van der Waals surface area contributed by atoms with Crippen LogP contribution >= 0.6 is 0 Å². The molecule has 0 spiro atoms. The normalized spacial score (nSPS) is 13.9. The minimum atomic E-state index is -0.748. The van der Waals surface area contributed by atoms with Crippen molar-refractivity contribution in [1.82, 2.24) is 5.32 Å². The molecule has 1 unspecified atom stereocenters. The summed E-state index contributed by atoms with van der Waals surface area (Å²) in [5.74, 6) is -0.232. The third-order valence-electron chi connectivity index (χ3n) is 2.19. The summed E-state index contributed by atoms with van der Waals surface area (Å²) in [6.07, 6.45) is 0. The monoisotopic (exact) mass is 211 g/mol. The Labute approximate surface area is 90.1 Å². The van der Waals surface area contributed by atoms with Gasteiger partial charge in [-0.05, 0) is 38.5 Å². The van der Waals surface area contributed by atoms with E-state index in [1.54, 1.807) is 19.9 Å². The molecule has 1 aromatic carbocycles. The van der Waals surface area contributed by atoms with Crippen molar-refractivity contribution in [2.75, 3.05) is 6.54 Å². The van der Waals surface area contributed by atoms with Gasteiger partial charge in [-0.2, -0.15) is 0 Å². The fourth-order valence-electron chi connectivity index (χ4n) is 1.30. The minimum absolute atomic E-state index is 0.0344.